The predicted molar refractivity (Wildman–Crippen MR) is 141 cm³/mol. The Kier molecular flexibility index (Phi) is 9.99. The van der Waals surface area contributed by atoms with Gasteiger partial charge in [-0.25, -0.2) is 11.1 Å². The second-order valence-corrected chi connectivity index (χ2v) is 11.1. The van der Waals surface area contributed by atoms with Gasteiger partial charge >= 0.3 is 6.36 Å². The van der Waals surface area contributed by atoms with Crippen molar-refractivity contribution in [3.63, 3.8) is 0 Å². The molecule has 1 aliphatic carbocycles. The maximum absolute atomic E-state index is 13.6. The quantitative estimate of drug-likeness (QED) is 0.275. The lowest BCUT2D eigenvalue weighted by atomic mass is 9.71. The molecule has 0 aliphatic heterocycles. The summed E-state index contributed by atoms with van der Waals surface area (Å²) in [6.45, 7) is 6.99. The Balaban J connectivity index is 1.75. The van der Waals surface area contributed by atoms with Gasteiger partial charge in [-0.2, -0.15) is 0 Å². The molecule has 1 fully saturated rings. The molecule has 3 rings (SSSR count). The molecule has 0 heterocycles. The average molecular weight is 561 g/mol. The fourth-order valence-electron chi connectivity index (χ4n) is 5.01. The SMILES string of the molecule is CC(C)(C)C1CCC(N(Cc2ccc(C(=O)NC(N=N)N=N)cc2)C(=O)Cc2ccc(OC(F)(F)F)cc2)CC1. The molecule has 1 aliphatic rings. The van der Waals surface area contributed by atoms with Gasteiger partial charge in [-0.1, -0.05) is 45.0 Å². The summed E-state index contributed by atoms with van der Waals surface area (Å²) in [7, 11) is 0. The van der Waals surface area contributed by atoms with E-state index in [0.717, 1.165) is 31.2 Å². The van der Waals surface area contributed by atoms with E-state index in [4.69, 9.17) is 11.1 Å². The zero-order chi connectivity index (χ0) is 29.5. The monoisotopic (exact) mass is 560 g/mol. The minimum atomic E-state index is -4.79. The van der Waals surface area contributed by atoms with E-state index < -0.39 is 18.6 Å². The summed E-state index contributed by atoms with van der Waals surface area (Å²) >= 11 is 0. The lowest BCUT2D eigenvalue weighted by Gasteiger charge is -2.41. The number of hydrogen-bond donors (Lipinski definition) is 3. The van der Waals surface area contributed by atoms with Crippen LogP contribution in [0.3, 0.4) is 0 Å². The second-order valence-electron chi connectivity index (χ2n) is 11.1. The molecule has 0 aromatic heterocycles. The van der Waals surface area contributed by atoms with E-state index in [9.17, 15) is 22.8 Å². The zero-order valence-corrected chi connectivity index (χ0v) is 22.8. The normalized spacial score (nSPS) is 18.4. The first kappa shape index (κ1) is 30.7. The van der Waals surface area contributed by atoms with Gasteiger partial charge < -0.3 is 15.0 Å². The van der Waals surface area contributed by atoms with Crippen LogP contribution < -0.4 is 10.1 Å². The minimum Gasteiger partial charge on any atom is -0.406 e. The Morgan fingerprint density at radius 2 is 1.50 bits per heavy atom. The van der Waals surface area contributed by atoms with Gasteiger partial charge in [-0.15, -0.1) is 23.4 Å². The van der Waals surface area contributed by atoms with Crippen molar-refractivity contribution in [2.75, 3.05) is 0 Å². The maximum Gasteiger partial charge on any atom is 0.573 e. The molecule has 0 saturated heterocycles. The van der Waals surface area contributed by atoms with Gasteiger partial charge in [0.05, 0.1) is 6.42 Å². The fraction of sp³-hybridized carbons (Fsp3) is 0.500. The molecule has 0 bridgehead atoms. The van der Waals surface area contributed by atoms with Crippen molar-refractivity contribution >= 4 is 11.8 Å². The van der Waals surface area contributed by atoms with Crippen LogP contribution in [0.2, 0.25) is 0 Å². The third kappa shape index (κ3) is 8.85. The van der Waals surface area contributed by atoms with Crippen molar-refractivity contribution < 1.29 is 27.5 Å². The third-order valence-corrected chi connectivity index (χ3v) is 7.27. The number of rotatable bonds is 10. The Bertz CT molecular complexity index is 1160. The largest absolute Gasteiger partial charge is 0.573 e. The summed E-state index contributed by atoms with van der Waals surface area (Å²) in [6, 6.07) is 12.0. The van der Waals surface area contributed by atoms with Gasteiger partial charge in [0, 0.05) is 18.2 Å². The summed E-state index contributed by atoms with van der Waals surface area (Å²) in [6.07, 6.45) is -2.36. The number of benzene rings is 2. The number of ether oxygens (including phenoxy) is 1. The van der Waals surface area contributed by atoms with Crippen LogP contribution in [-0.2, 0) is 17.8 Å². The lowest BCUT2D eigenvalue weighted by Crippen LogP contribution is -2.43. The molecule has 2 amide bonds. The Morgan fingerprint density at radius 1 is 0.950 bits per heavy atom. The summed E-state index contributed by atoms with van der Waals surface area (Å²) in [5.41, 5.74) is 15.7. The van der Waals surface area contributed by atoms with Crippen molar-refractivity contribution in [2.24, 2.45) is 21.6 Å². The highest BCUT2D eigenvalue weighted by Crippen LogP contribution is 2.39. The number of carbonyl (C=O) groups is 2. The van der Waals surface area contributed by atoms with Crippen molar-refractivity contribution in [3.05, 3.63) is 65.2 Å². The van der Waals surface area contributed by atoms with Gasteiger partial charge in [0.15, 0.2) is 0 Å². The Labute approximate surface area is 231 Å². The highest BCUT2D eigenvalue weighted by Gasteiger charge is 2.34. The van der Waals surface area contributed by atoms with Crippen LogP contribution in [0.15, 0.2) is 58.8 Å². The van der Waals surface area contributed by atoms with E-state index >= 15 is 0 Å². The highest BCUT2D eigenvalue weighted by atomic mass is 19.4. The maximum atomic E-state index is 13.6. The van der Waals surface area contributed by atoms with Crippen molar-refractivity contribution in [2.45, 2.75) is 78.1 Å². The topological polar surface area (TPSA) is 131 Å². The molecule has 3 N–H and O–H groups in total. The van der Waals surface area contributed by atoms with Gasteiger partial charge in [-0.05, 0) is 72.4 Å². The molecule has 2 aromatic carbocycles. The number of amides is 2. The number of nitrogens with one attached hydrogen (secondary N) is 3. The van der Waals surface area contributed by atoms with Crippen LogP contribution in [0.5, 0.6) is 5.75 Å². The van der Waals surface area contributed by atoms with Crippen molar-refractivity contribution in [1.82, 2.24) is 10.2 Å². The van der Waals surface area contributed by atoms with Crippen molar-refractivity contribution in [3.8, 4) is 5.75 Å². The van der Waals surface area contributed by atoms with E-state index in [-0.39, 0.29) is 29.5 Å². The first-order valence-corrected chi connectivity index (χ1v) is 13.1. The Morgan fingerprint density at radius 3 is 2.00 bits per heavy atom. The van der Waals surface area contributed by atoms with Crippen LogP contribution in [0, 0.1) is 22.4 Å². The van der Waals surface area contributed by atoms with Crippen molar-refractivity contribution in [1.29, 1.82) is 11.1 Å². The van der Waals surface area contributed by atoms with E-state index in [1.54, 1.807) is 24.3 Å². The second kappa shape index (κ2) is 13.0. The average Bonchev–Trinajstić information content (AvgIpc) is 2.90. The van der Waals surface area contributed by atoms with E-state index in [1.165, 1.54) is 24.3 Å². The fourth-order valence-corrected chi connectivity index (χ4v) is 5.01. The van der Waals surface area contributed by atoms with Gasteiger partial charge in [-0.3, -0.25) is 9.59 Å². The summed E-state index contributed by atoms with van der Waals surface area (Å²) in [4.78, 5) is 27.7. The molecule has 216 valence electrons. The molecular formula is C28H35F3N6O3. The van der Waals surface area contributed by atoms with Crippen LogP contribution in [0.1, 0.15) is 67.9 Å². The molecule has 9 nitrogen and oxygen atoms in total. The molecule has 12 heteroatoms. The summed E-state index contributed by atoms with van der Waals surface area (Å²) in [5, 5.41) is 8.42. The molecule has 0 atom stereocenters. The Hall–Kier alpha value is -3.83. The minimum absolute atomic E-state index is 0.0139. The van der Waals surface area contributed by atoms with E-state index in [1.807, 2.05) is 4.90 Å². The molecule has 0 unspecified atom stereocenters. The standard InChI is InChI=1S/C28H35F3N6O3/c1-27(2,3)21-10-12-22(13-11-21)37(24(38)16-18-6-14-23(15-7-18)40-28(29,30)31)17-19-4-8-20(9-5-19)25(39)34-26(35-32)36-33/h4-9,14-15,21-22,26,32-33H,10-13,16-17H2,1-3H3,(H,34,39). The molecule has 40 heavy (non-hydrogen) atoms. The van der Waals surface area contributed by atoms with Gasteiger partial charge in [0.2, 0.25) is 5.91 Å². The highest BCUT2D eigenvalue weighted by molar-refractivity contribution is 5.94. The number of halogens is 3. The third-order valence-electron chi connectivity index (χ3n) is 7.27. The predicted octanol–water partition coefficient (Wildman–Crippen LogP) is 6.84. The zero-order valence-electron chi connectivity index (χ0n) is 22.8. The van der Waals surface area contributed by atoms with Gasteiger partial charge in [0.25, 0.3) is 12.2 Å². The first-order chi connectivity index (χ1) is 18.8. The molecule has 2 aromatic rings. The smallest absolute Gasteiger partial charge is 0.406 e. The van der Waals surface area contributed by atoms with E-state index in [2.05, 4.69) is 41.1 Å². The molecule has 0 radical (unpaired) electrons. The summed E-state index contributed by atoms with van der Waals surface area (Å²) < 4.78 is 41.4. The van der Waals surface area contributed by atoms with E-state index in [0.29, 0.717) is 23.6 Å². The van der Waals surface area contributed by atoms with Crippen LogP contribution in [0.25, 0.3) is 0 Å². The van der Waals surface area contributed by atoms with Crippen LogP contribution in [0.4, 0.5) is 13.2 Å². The van der Waals surface area contributed by atoms with Gasteiger partial charge in [0.1, 0.15) is 5.75 Å². The number of alkyl halides is 3. The molecule has 1 saturated carbocycles. The number of nitrogens with zero attached hydrogens (tertiary/aromatic N) is 3. The molecular weight excluding hydrogens is 525 g/mol. The lowest BCUT2D eigenvalue weighted by molar-refractivity contribution is -0.274. The first-order valence-electron chi connectivity index (χ1n) is 13.1. The number of carbonyl (C=O) groups excluding carboxylic acids is 2. The summed E-state index contributed by atoms with van der Waals surface area (Å²) in [5.74, 6) is -0.462. The number of hydrogen-bond acceptors (Lipinski definition) is 7. The molecule has 0 spiro atoms. The van der Waals surface area contributed by atoms with Crippen LogP contribution >= 0.6 is 0 Å². The van der Waals surface area contributed by atoms with Crippen LogP contribution in [-0.4, -0.2) is 35.4 Å².